The lowest BCUT2D eigenvalue weighted by molar-refractivity contribution is 0.243. The Labute approximate surface area is 138 Å². The lowest BCUT2D eigenvalue weighted by atomic mass is 9.93. The molecule has 6 nitrogen and oxygen atoms in total. The number of sulfone groups is 1. The average molecular weight is 361 g/mol. The van der Waals surface area contributed by atoms with Crippen LogP contribution >= 0.6 is 0 Å². The molecule has 0 spiro atoms. The van der Waals surface area contributed by atoms with E-state index in [9.17, 15) is 16.8 Å². The fourth-order valence-corrected chi connectivity index (χ4v) is 5.36. The minimum atomic E-state index is -3.73. The van der Waals surface area contributed by atoms with E-state index >= 15 is 0 Å². The van der Waals surface area contributed by atoms with Crippen LogP contribution in [0.1, 0.15) is 25.3 Å². The number of sulfonamides is 1. The van der Waals surface area contributed by atoms with Crippen molar-refractivity contribution in [3.8, 4) is 0 Å². The van der Waals surface area contributed by atoms with Crippen molar-refractivity contribution in [2.24, 2.45) is 11.7 Å². The van der Waals surface area contributed by atoms with Crippen LogP contribution < -0.4 is 5.73 Å². The molecule has 1 aliphatic heterocycles. The lowest BCUT2D eigenvalue weighted by Gasteiger charge is -2.34. The van der Waals surface area contributed by atoms with Crippen LogP contribution in [0.2, 0.25) is 0 Å². The largest absolute Gasteiger partial charge is 0.328 e. The first-order valence-corrected chi connectivity index (χ1v) is 10.9. The van der Waals surface area contributed by atoms with Gasteiger partial charge in [-0.1, -0.05) is 6.07 Å². The average Bonchev–Trinajstić information content (AvgIpc) is 2.46. The van der Waals surface area contributed by atoms with E-state index in [1.165, 1.54) is 22.5 Å². The van der Waals surface area contributed by atoms with Gasteiger partial charge in [0.05, 0.1) is 9.79 Å². The van der Waals surface area contributed by atoms with Crippen molar-refractivity contribution in [3.05, 3.63) is 23.8 Å². The molecule has 1 saturated heterocycles. The SMILES string of the molecule is Cc1ccc(S(C)(=O)=O)cc1S(=O)(=O)N1CCCC(C(C)N)C1. The first kappa shape index (κ1) is 18.4. The molecular formula is C15H24N2O4S2. The van der Waals surface area contributed by atoms with Crippen LogP contribution in [0, 0.1) is 12.8 Å². The Balaban J connectivity index is 2.43. The summed E-state index contributed by atoms with van der Waals surface area (Å²) >= 11 is 0. The maximum absolute atomic E-state index is 12.9. The maximum Gasteiger partial charge on any atom is 0.243 e. The molecule has 2 atom stereocenters. The van der Waals surface area contributed by atoms with Crippen LogP contribution in [0.4, 0.5) is 0 Å². The van der Waals surface area contributed by atoms with E-state index in [1.54, 1.807) is 6.92 Å². The predicted octanol–water partition coefficient (Wildman–Crippen LogP) is 1.15. The number of hydrogen-bond donors (Lipinski definition) is 1. The third-order valence-electron chi connectivity index (χ3n) is 4.37. The molecule has 23 heavy (non-hydrogen) atoms. The number of aryl methyl sites for hydroxylation is 1. The van der Waals surface area contributed by atoms with Gasteiger partial charge in [0.25, 0.3) is 0 Å². The molecule has 0 aromatic heterocycles. The molecule has 1 heterocycles. The molecule has 1 aliphatic rings. The summed E-state index contributed by atoms with van der Waals surface area (Å²) in [6, 6.07) is 4.16. The van der Waals surface area contributed by atoms with Gasteiger partial charge in [0.1, 0.15) is 0 Å². The van der Waals surface area contributed by atoms with Gasteiger partial charge in [-0.15, -0.1) is 0 Å². The molecule has 0 radical (unpaired) electrons. The third-order valence-corrected chi connectivity index (χ3v) is 7.49. The van der Waals surface area contributed by atoms with Gasteiger partial charge in [0, 0.05) is 25.4 Å². The van der Waals surface area contributed by atoms with Crippen molar-refractivity contribution in [1.82, 2.24) is 4.31 Å². The number of nitrogens with two attached hydrogens (primary N) is 1. The summed E-state index contributed by atoms with van der Waals surface area (Å²) in [6.07, 6.45) is 2.74. The summed E-state index contributed by atoms with van der Waals surface area (Å²) in [6.45, 7) is 4.37. The second kappa shape index (κ2) is 6.51. The normalized spacial score (nSPS) is 22.0. The number of nitrogens with zero attached hydrogens (tertiary/aromatic N) is 1. The first-order valence-electron chi connectivity index (χ1n) is 7.60. The van der Waals surface area contributed by atoms with Crippen LogP contribution in [-0.2, 0) is 19.9 Å². The van der Waals surface area contributed by atoms with Gasteiger partial charge in [-0.25, -0.2) is 16.8 Å². The molecule has 2 unspecified atom stereocenters. The fraction of sp³-hybridized carbons (Fsp3) is 0.600. The summed E-state index contributed by atoms with van der Waals surface area (Å²) < 4.78 is 50.8. The molecule has 2 N–H and O–H groups in total. The van der Waals surface area contributed by atoms with E-state index in [4.69, 9.17) is 5.73 Å². The number of hydrogen-bond acceptors (Lipinski definition) is 5. The van der Waals surface area contributed by atoms with Crippen LogP contribution in [0.25, 0.3) is 0 Å². The molecule has 0 bridgehead atoms. The first-order chi connectivity index (χ1) is 10.5. The molecule has 8 heteroatoms. The quantitative estimate of drug-likeness (QED) is 0.868. The van der Waals surface area contributed by atoms with E-state index in [0.717, 1.165) is 19.1 Å². The Kier molecular flexibility index (Phi) is 5.20. The van der Waals surface area contributed by atoms with Crippen molar-refractivity contribution < 1.29 is 16.8 Å². The zero-order valence-electron chi connectivity index (χ0n) is 13.7. The van der Waals surface area contributed by atoms with E-state index < -0.39 is 19.9 Å². The van der Waals surface area contributed by atoms with Crippen LogP contribution in [0.5, 0.6) is 0 Å². The molecule has 0 aliphatic carbocycles. The van der Waals surface area contributed by atoms with E-state index in [-0.39, 0.29) is 21.8 Å². The number of rotatable bonds is 4. The lowest BCUT2D eigenvalue weighted by Crippen LogP contribution is -2.45. The minimum Gasteiger partial charge on any atom is -0.328 e. The van der Waals surface area contributed by atoms with Crippen molar-refractivity contribution >= 4 is 19.9 Å². The molecule has 0 saturated carbocycles. The smallest absolute Gasteiger partial charge is 0.243 e. The fourth-order valence-electron chi connectivity index (χ4n) is 2.85. The second-order valence-corrected chi connectivity index (χ2v) is 10.2. The molecule has 2 rings (SSSR count). The highest BCUT2D eigenvalue weighted by molar-refractivity contribution is 7.91. The Morgan fingerprint density at radius 1 is 1.26 bits per heavy atom. The highest BCUT2D eigenvalue weighted by Crippen LogP contribution is 2.28. The molecule has 130 valence electrons. The van der Waals surface area contributed by atoms with Crippen LogP contribution in [0.15, 0.2) is 28.0 Å². The summed E-state index contributed by atoms with van der Waals surface area (Å²) in [5.41, 5.74) is 6.46. The van der Waals surface area contributed by atoms with Gasteiger partial charge in [0.2, 0.25) is 10.0 Å². The number of benzene rings is 1. The second-order valence-electron chi connectivity index (χ2n) is 6.32. The number of piperidine rings is 1. The maximum atomic E-state index is 12.9. The van der Waals surface area contributed by atoms with E-state index in [1.807, 2.05) is 6.92 Å². The Hall–Kier alpha value is -0.960. The van der Waals surface area contributed by atoms with E-state index in [0.29, 0.717) is 18.7 Å². The van der Waals surface area contributed by atoms with Gasteiger partial charge in [-0.3, -0.25) is 0 Å². The monoisotopic (exact) mass is 360 g/mol. The summed E-state index contributed by atoms with van der Waals surface area (Å²) in [7, 11) is -7.19. The highest BCUT2D eigenvalue weighted by Gasteiger charge is 2.32. The van der Waals surface area contributed by atoms with Crippen molar-refractivity contribution in [2.75, 3.05) is 19.3 Å². The van der Waals surface area contributed by atoms with Crippen molar-refractivity contribution in [1.29, 1.82) is 0 Å². The molecule has 0 amide bonds. The molecule has 1 aromatic carbocycles. The third kappa shape index (κ3) is 3.93. The zero-order chi connectivity index (χ0) is 17.4. The topological polar surface area (TPSA) is 97.5 Å². The minimum absolute atomic E-state index is 0.0161. The van der Waals surface area contributed by atoms with Gasteiger partial charge >= 0.3 is 0 Å². The standard InChI is InChI=1S/C15H24N2O4S2/c1-11-6-7-14(22(3,18)19)9-15(11)23(20,21)17-8-4-5-13(10-17)12(2)16/h6-7,9,12-13H,4-5,8,10,16H2,1-3H3. The Morgan fingerprint density at radius 3 is 2.48 bits per heavy atom. The predicted molar refractivity (Wildman–Crippen MR) is 89.4 cm³/mol. The molecule has 1 aromatic rings. The van der Waals surface area contributed by atoms with Crippen LogP contribution in [0.3, 0.4) is 0 Å². The van der Waals surface area contributed by atoms with Gasteiger partial charge < -0.3 is 5.73 Å². The van der Waals surface area contributed by atoms with Gasteiger partial charge in [0.15, 0.2) is 9.84 Å². The summed E-state index contributed by atoms with van der Waals surface area (Å²) in [4.78, 5) is 0.0770. The Morgan fingerprint density at radius 2 is 1.91 bits per heavy atom. The zero-order valence-corrected chi connectivity index (χ0v) is 15.3. The Bertz CT molecular complexity index is 786. The molecular weight excluding hydrogens is 336 g/mol. The van der Waals surface area contributed by atoms with Crippen molar-refractivity contribution in [2.45, 2.75) is 42.5 Å². The van der Waals surface area contributed by atoms with Crippen LogP contribution in [-0.4, -0.2) is 46.5 Å². The van der Waals surface area contributed by atoms with Gasteiger partial charge in [-0.2, -0.15) is 4.31 Å². The summed E-state index contributed by atoms with van der Waals surface area (Å²) in [5, 5.41) is 0. The van der Waals surface area contributed by atoms with Crippen molar-refractivity contribution in [3.63, 3.8) is 0 Å². The van der Waals surface area contributed by atoms with E-state index in [2.05, 4.69) is 0 Å². The molecule has 1 fully saturated rings. The highest BCUT2D eigenvalue weighted by atomic mass is 32.2. The van der Waals surface area contributed by atoms with Gasteiger partial charge in [-0.05, 0) is 50.3 Å². The summed E-state index contributed by atoms with van der Waals surface area (Å²) in [5.74, 6) is 0.122.